The van der Waals surface area contributed by atoms with Crippen LogP contribution in [0.1, 0.15) is 44.7 Å². The highest BCUT2D eigenvalue weighted by molar-refractivity contribution is 6.24. The fourth-order valence-electron chi connectivity index (χ4n) is 5.53. The van der Waals surface area contributed by atoms with Gasteiger partial charge in [0.05, 0.1) is 4.92 Å². The molecule has 6 rings (SSSR count). The van der Waals surface area contributed by atoms with E-state index in [1.54, 1.807) is 24.3 Å². The molecule has 0 saturated heterocycles. The zero-order valence-corrected chi connectivity index (χ0v) is 20.6. The zero-order chi connectivity index (χ0) is 26.2. The van der Waals surface area contributed by atoms with Gasteiger partial charge in [0, 0.05) is 34.5 Å². The fraction of sp³-hybridized carbons (Fsp3) is 0.125. The number of nitrogens with one attached hydrogen (secondary N) is 1. The van der Waals surface area contributed by atoms with Crippen LogP contribution in [0.15, 0.2) is 84.9 Å². The van der Waals surface area contributed by atoms with Crippen molar-refractivity contribution in [1.29, 1.82) is 0 Å². The lowest BCUT2D eigenvalue weighted by molar-refractivity contribution is -0.384. The Kier molecular flexibility index (Phi) is 5.92. The number of non-ortho nitro benzene ring substituents is 1. The van der Waals surface area contributed by atoms with Crippen LogP contribution in [0.5, 0.6) is 0 Å². The number of hydrogen-bond donors (Lipinski definition) is 1. The molecular formula is C32H24N2O4. The van der Waals surface area contributed by atoms with Gasteiger partial charge in [-0.3, -0.25) is 19.7 Å². The molecule has 4 aromatic carbocycles. The van der Waals surface area contributed by atoms with Gasteiger partial charge in [-0.05, 0) is 88.0 Å². The average molecular weight is 501 g/mol. The minimum absolute atomic E-state index is 0.00245. The minimum atomic E-state index is -0.536. The molecule has 4 aromatic rings. The van der Waals surface area contributed by atoms with Crippen molar-refractivity contribution in [3.63, 3.8) is 0 Å². The first-order valence-corrected chi connectivity index (χ1v) is 12.6. The zero-order valence-electron chi connectivity index (χ0n) is 20.6. The van der Waals surface area contributed by atoms with Gasteiger partial charge in [0.25, 0.3) is 11.6 Å². The number of nitrogens with zero attached hydrogens (tertiary/aromatic N) is 1. The summed E-state index contributed by atoms with van der Waals surface area (Å²) in [4.78, 5) is 36.6. The standard InChI is InChI=1S/C32H24N2O4/c35-31(21-11-14-23(15-12-21)33-32(36)22-6-3-7-24(19-22)34(37)38)30-10-4-9-26-28-16-13-20-5-1-2-8-25(20)27(28)17-18-29(26)30/h1-3,5-8,11-15,17-19H,4,9-10,16H2,(H,33,36). The number of carbonyl (C=O) groups is 2. The molecule has 0 heterocycles. The Hall–Kier alpha value is -4.84. The second-order valence-corrected chi connectivity index (χ2v) is 9.61. The third-order valence-corrected chi connectivity index (χ3v) is 7.39. The number of fused-ring (bicyclic) bond motifs is 4. The largest absolute Gasteiger partial charge is 0.322 e. The third-order valence-electron chi connectivity index (χ3n) is 7.39. The maximum absolute atomic E-state index is 13.6. The number of nitro benzene ring substituents is 1. The van der Waals surface area contributed by atoms with Crippen LogP contribution in [0, 0.1) is 20.6 Å². The van der Waals surface area contributed by atoms with Crippen molar-refractivity contribution in [2.24, 2.45) is 0 Å². The topological polar surface area (TPSA) is 89.3 Å². The first-order valence-electron chi connectivity index (χ1n) is 12.6. The molecule has 2 aliphatic rings. The predicted molar refractivity (Wildman–Crippen MR) is 146 cm³/mol. The van der Waals surface area contributed by atoms with Crippen molar-refractivity contribution in [3.8, 4) is 0 Å². The van der Waals surface area contributed by atoms with E-state index in [2.05, 4.69) is 47.8 Å². The lowest BCUT2D eigenvalue weighted by atomic mass is 9.84. The summed E-state index contributed by atoms with van der Waals surface area (Å²) < 4.78 is 0. The van der Waals surface area contributed by atoms with Gasteiger partial charge in [-0.25, -0.2) is 0 Å². The van der Waals surface area contributed by atoms with Gasteiger partial charge in [-0.15, -0.1) is 0 Å². The van der Waals surface area contributed by atoms with E-state index in [9.17, 15) is 19.7 Å². The molecule has 0 unspecified atom stereocenters. The van der Waals surface area contributed by atoms with Crippen LogP contribution in [0.25, 0.3) is 11.6 Å². The average Bonchev–Trinajstić information content (AvgIpc) is 2.96. The van der Waals surface area contributed by atoms with Crippen molar-refractivity contribution in [3.05, 3.63) is 138 Å². The van der Waals surface area contributed by atoms with Gasteiger partial charge in [-0.1, -0.05) is 48.5 Å². The molecule has 38 heavy (non-hydrogen) atoms. The summed E-state index contributed by atoms with van der Waals surface area (Å²) in [7, 11) is 0. The number of rotatable bonds is 5. The Bertz CT molecular complexity index is 1860. The summed E-state index contributed by atoms with van der Waals surface area (Å²) >= 11 is 0. The van der Waals surface area contributed by atoms with E-state index in [4.69, 9.17) is 0 Å². The van der Waals surface area contributed by atoms with E-state index < -0.39 is 10.8 Å². The van der Waals surface area contributed by atoms with Crippen LogP contribution < -0.4 is 15.8 Å². The van der Waals surface area contributed by atoms with Crippen LogP contribution in [0.2, 0.25) is 0 Å². The van der Waals surface area contributed by atoms with Crippen molar-refractivity contribution in [1.82, 2.24) is 0 Å². The van der Waals surface area contributed by atoms with Crippen LogP contribution in [-0.4, -0.2) is 16.6 Å². The number of nitro groups is 1. The minimum Gasteiger partial charge on any atom is -0.322 e. The molecule has 0 fully saturated rings. The van der Waals surface area contributed by atoms with E-state index in [-0.39, 0.29) is 17.0 Å². The normalized spacial score (nSPS) is 13.4. The number of carbonyl (C=O) groups excluding carboxylic acids is 2. The summed E-state index contributed by atoms with van der Waals surface area (Å²) in [5.74, 6) is -0.450. The molecule has 186 valence electrons. The second-order valence-electron chi connectivity index (χ2n) is 9.61. The lowest BCUT2D eigenvalue weighted by Gasteiger charge is -2.20. The Morgan fingerprint density at radius 1 is 0.763 bits per heavy atom. The molecule has 0 atom stereocenters. The first-order chi connectivity index (χ1) is 18.5. The van der Waals surface area contributed by atoms with Crippen molar-refractivity contribution >= 4 is 34.7 Å². The Labute approximate surface area is 218 Å². The van der Waals surface area contributed by atoms with Crippen molar-refractivity contribution < 1.29 is 14.5 Å². The van der Waals surface area contributed by atoms with Gasteiger partial charge in [0.15, 0.2) is 5.78 Å². The number of amides is 1. The second kappa shape index (κ2) is 9.56. The van der Waals surface area contributed by atoms with Gasteiger partial charge in [0.1, 0.15) is 0 Å². The number of Topliss-reactive ketones (excluding diaryl/α,β-unsaturated/α-hetero) is 1. The van der Waals surface area contributed by atoms with Crippen molar-refractivity contribution in [2.75, 3.05) is 5.32 Å². The highest BCUT2D eigenvalue weighted by atomic mass is 16.6. The Morgan fingerprint density at radius 3 is 2.37 bits per heavy atom. The van der Waals surface area contributed by atoms with Gasteiger partial charge < -0.3 is 5.32 Å². The summed E-state index contributed by atoms with van der Waals surface area (Å²) in [5.41, 5.74) is 4.56. The quantitative estimate of drug-likeness (QED) is 0.241. The maximum Gasteiger partial charge on any atom is 0.270 e. The summed E-state index contributed by atoms with van der Waals surface area (Å²) in [6.07, 6.45) is 5.78. The fourth-order valence-corrected chi connectivity index (χ4v) is 5.53. The number of anilines is 1. The molecule has 1 N–H and O–H groups in total. The Balaban J connectivity index is 1.30. The van der Waals surface area contributed by atoms with Crippen molar-refractivity contribution in [2.45, 2.75) is 25.7 Å². The highest BCUT2D eigenvalue weighted by Crippen LogP contribution is 2.24. The number of benzene rings is 4. The van der Waals surface area contributed by atoms with Crippen LogP contribution in [0.3, 0.4) is 0 Å². The lowest BCUT2D eigenvalue weighted by Crippen LogP contribution is -2.25. The summed E-state index contributed by atoms with van der Waals surface area (Å²) in [6, 6.07) is 25.1. The van der Waals surface area contributed by atoms with Gasteiger partial charge in [0.2, 0.25) is 0 Å². The summed E-state index contributed by atoms with van der Waals surface area (Å²) in [5, 5.41) is 18.6. The molecule has 0 aliphatic heterocycles. The molecule has 0 saturated carbocycles. The Morgan fingerprint density at radius 2 is 1.55 bits per heavy atom. The van der Waals surface area contributed by atoms with Crippen LogP contribution in [-0.2, 0) is 12.8 Å². The van der Waals surface area contributed by atoms with E-state index in [1.807, 2.05) is 0 Å². The molecule has 1 amide bonds. The van der Waals surface area contributed by atoms with E-state index in [0.29, 0.717) is 11.3 Å². The number of hydrogen-bond acceptors (Lipinski definition) is 4. The maximum atomic E-state index is 13.6. The molecule has 6 nitrogen and oxygen atoms in total. The monoisotopic (exact) mass is 500 g/mol. The van der Waals surface area contributed by atoms with E-state index in [1.165, 1.54) is 51.0 Å². The number of ketones is 1. The van der Waals surface area contributed by atoms with Gasteiger partial charge >= 0.3 is 0 Å². The first kappa shape index (κ1) is 23.6. The SMILES string of the molecule is O=C(Nc1ccc(C(=O)C2=c3ccc4c(c3CCC2)CC=c2ccccc2=4)cc1)c1cccc([N+](=O)[O-])c1. The highest BCUT2D eigenvalue weighted by Gasteiger charge is 2.21. The molecule has 0 bridgehead atoms. The molecule has 0 aromatic heterocycles. The predicted octanol–water partition coefficient (Wildman–Crippen LogP) is 4.84. The third kappa shape index (κ3) is 4.20. The van der Waals surface area contributed by atoms with Crippen LogP contribution >= 0.6 is 0 Å². The molecular weight excluding hydrogens is 476 g/mol. The molecule has 0 spiro atoms. The smallest absolute Gasteiger partial charge is 0.270 e. The molecule has 6 heteroatoms. The van der Waals surface area contributed by atoms with Gasteiger partial charge in [-0.2, -0.15) is 0 Å². The van der Waals surface area contributed by atoms with E-state index >= 15 is 0 Å². The van der Waals surface area contributed by atoms with Crippen LogP contribution in [0.4, 0.5) is 11.4 Å². The molecule has 2 aliphatic carbocycles. The van der Waals surface area contributed by atoms with E-state index in [0.717, 1.165) is 36.5 Å². The summed E-state index contributed by atoms with van der Waals surface area (Å²) in [6.45, 7) is 0. The molecule has 0 radical (unpaired) electrons.